The molecule has 0 saturated heterocycles. The second kappa shape index (κ2) is 18.9. The molecule has 0 aliphatic rings. The topological polar surface area (TPSA) is 26.3 Å². The van der Waals surface area contributed by atoms with E-state index in [9.17, 15) is 0 Å². The molecule has 0 aliphatic carbocycles. The van der Waals surface area contributed by atoms with E-state index in [1.54, 1.807) is 0 Å². The SMILES string of the molecule is C.C.C=COC=O. The summed E-state index contributed by atoms with van der Waals surface area (Å²) in [4.78, 5) is 9.11. The summed E-state index contributed by atoms with van der Waals surface area (Å²) in [5.41, 5.74) is 0. The molecule has 0 fully saturated rings. The van der Waals surface area contributed by atoms with E-state index in [1.807, 2.05) is 0 Å². The van der Waals surface area contributed by atoms with Gasteiger partial charge in [-0.15, -0.1) is 0 Å². The Balaban J connectivity index is -0.0000000800. The van der Waals surface area contributed by atoms with Crippen LogP contribution in [0.2, 0.25) is 0 Å². The Labute approximate surface area is 44.8 Å². The predicted octanol–water partition coefficient (Wildman–Crippen LogP) is 1.58. The molecule has 0 spiro atoms. The normalized spacial score (nSPS) is 4.00. The molecule has 0 amide bonds. The van der Waals surface area contributed by atoms with Crippen molar-refractivity contribution in [3.63, 3.8) is 0 Å². The van der Waals surface area contributed by atoms with Crippen LogP contribution in [-0.4, -0.2) is 6.47 Å². The molecular formula is C5H12O2. The molecule has 2 heteroatoms. The van der Waals surface area contributed by atoms with Crippen molar-refractivity contribution in [2.75, 3.05) is 0 Å². The van der Waals surface area contributed by atoms with Crippen LogP contribution in [0.3, 0.4) is 0 Å². The molecule has 0 aliphatic heterocycles. The Bertz CT molecular complexity index is 35.3. The summed E-state index contributed by atoms with van der Waals surface area (Å²) in [5.74, 6) is 0. The molecule has 0 rings (SSSR count). The molecule has 0 heterocycles. The monoisotopic (exact) mass is 104 g/mol. The minimum atomic E-state index is 0. The molecule has 0 atom stereocenters. The van der Waals surface area contributed by atoms with Crippen LogP contribution in [0.25, 0.3) is 0 Å². The maximum absolute atomic E-state index is 9.11. The summed E-state index contributed by atoms with van der Waals surface area (Å²) >= 11 is 0. The number of hydrogen-bond donors (Lipinski definition) is 0. The second-order valence-electron chi connectivity index (χ2n) is 0.399. The van der Waals surface area contributed by atoms with Gasteiger partial charge in [-0.2, -0.15) is 0 Å². The van der Waals surface area contributed by atoms with Gasteiger partial charge in [-0.25, -0.2) is 0 Å². The van der Waals surface area contributed by atoms with Gasteiger partial charge >= 0.3 is 0 Å². The van der Waals surface area contributed by atoms with E-state index < -0.39 is 0 Å². The Kier molecular flexibility index (Phi) is 44.2. The molecule has 7 heavy (non-hydrogen) atoms. The van der Waals surface area contributed by atoms with Crippen LogP contribution in [0.5, 0.6) is 0 Å². The highest BCUT2D eigenvalue weighted by atomic mass is 16.5. The molecule has 2 nitrogen and oxygen atoms in total. The van der Waals surface area contributed by atoms with Crippen LogP contribution >= 0.6 is 0 Å². The number of carbonyl (C=O) groups excluding carboxylic acids is 1. The fourth-order valence-electron chi connectivity index (χ4n) is 0.0393. The summed E-state index contributed by atoms with van der Waals surface area (Å²) in [6, 6.07) is 0. The van der Waals surface area contributed by atoms with Crippen molar-refractivity contribution in [1.29, 1.82) is 0 Å². The fourth-order valence-corrected chi connectivity index (χ4v) is 0.0393. The molecule has 0 aromatic carbocycles. The zero-order valence-electron chi connectivity index (χ0n) is 2.68. The molecule has 0 aromatic rings. The maximum Gasteiger partial charge on any atom is 0.297 e. The highest BCUT2D eigenvalue weighted by Crippen LogP contribution is 1.55. The van der Waals surface area contributed by atoms with E-state index in [0.717, 1.165) is 6.26 Å². The van der Waals surface area contributed by atoms with Gasteiger partial charge in [0.25, 0.3) is 6.47 Å². The third kappa shape index (κ3) is 36.7. The van der Waals surface area contributed by atoms with Crippen LogP contribution in [0.15, 0.2) is 12.8 Å². The van der Waals surface area contributed by atoms with Gasteiger partial charge in [-0.05, 0) is 0 Å². The first-order valence-electron chi connectivity index (χ1n) is 1.12. The van der Waals surface area contributed by atoms with Gasteiger partial charge in [-0.3, -0.25) is 4.79 Å². The van der Waals surface area contributed by atoms with Gasteiger partial charge in [0, 0.05) is 0 Å². The number of ether oxygens (including phenoxy) is 1. The summed E-state index contributed by atoms with van der Waals surface area (Å²) in [7, 11) is 0. The molecule has 0 saturated carbocycles. The minimum Gasteiger partial charge on any atom is -0.437 e. The van der Waals surface area contributed by atoms with Crippen LogP contribution in [-0.2, 0) is 9.53 Å². The maximum atomic E-state index is 9.11. The van der Waals surface area contributed by atoms with E-state index in [2.05, 4.69) is 11.3 Å². The average Bonchev–Trinajstić information content (AvgIpc) is 1.41. The van der Waals surface area contributed by atoms with Crippen molar-refractivity contribution in [3.05, 3.63) is 12.8 Å². The Morgan fingerprint density at radius 2 is 1.86 bits per heavy atom. The summed E-state index contributed by atoms with van der Waals surface area (Å²) in [6.07, 6.45) is 1.06. The number of carbonyl (C=O) groups is 1. The summed E-state index contributed by atoms with van der Waals surface area (Å²) in [6.45, 7) is 3.41. The van der Waals surface area contributed by atoms with E-state index in [-0.39, 0.29) is 14.9 Å². The van der Waals surface area contributed by atoms with E-state index in [4.69, 9.17) is 4.79 Å². The van der Waals surface area contributed by atoms with Crippen molar-refractivity contribution < 1.29 is 9.53 Å². The van der Waals surface area contributed by atoms with Gasteiger partial charge in [0.1, 0.15) is 0 Å². The van der Waals surface area contributed by atoms with E-state index >= 15 is 0 Å². The van der Waals surface area contributed by atoms with Crippen molar-refractivity contribution in [1.82, 2.24) is 0 Å². The van der Waals surface area contributed by atoms with E-state index in [1.165, 1.54) is 0 Å². The predicted molar refractivity (Wildman–Crippen MR) is 30.8 cm³/mol. The van der Waals surface area contributed by atoms with Gasteiger partial charge in [0.2, 0.25) is 0 Å². The van der Waals surface area contributed by atoms with Gasteiger partial charge in [-0.1, -0.05) is 21.4 Å². The molecule has 0 unspecified atom stereocenters. The largest absolute Gasteiger partial charge is 0.437 e. The zero-order chi connectivity index (χ0) is 4.12. The molecular weight excluding hydrogens is 92.1 g/mol. The van der Waals surface area contributed by atoms with Crippen molar-refractivity contribution in [2.45, 2.75) is 14.9 Å². The first-order chi connectivity index (χ1) is 2.41. The Morgan fingerprint density at radius 3 is 1.86 bits per heavy atom. The van der Waals surface area contributed by atoms with Crippen molar-refractivity contribution >= 4 is 6.47 Å². The lowest BCUT2D eigenvalue weighted by Crippen LogP contribution is -1.66. The zero-order valence-corrected chi connectivity index (χ0v) is 2.68. The van der Waals surface area contributed by atoms with Gasteiger partial charge in [0.05, 0.1) is 6.26 Å². The smallest absolute Gasteiger partial charge is 0.297 e. The fraction of sp³-hybridized carbons (Fsp3) is 0.400. The van der Waals surface area contributed by atoms with Crippen LogP contribution < -0.4 is 0 Å². The Hall–Kier alpha value is -0.790. The first kappa shape index (κ1) is 16.4. The highest BCUT2D eigenvalue weighted by molar-refractivity contribution is 5.37. The van der Waals surface area contributed by atoms with E-state index in [0.29, 0.717) is 6.47 Å². The number of hydrogen-bond acceptors (Lipinski definition) is 2. The second-order valence-corrected chi connectivity index (χ2v) is 0.399. The Morgan fingerprint density at radius 1 is 1.43 bits per heavy atom. The van der Waals surface area contributed by atoms with Crippen molar-refractivity contribution in [2.24, 2.45) is 0 Å². The lowest BCUT2D eigenvalue weighted by Gasteiger charge is -1.71. The van der Waals surface area contributed by atoms with Gasteiger partial charge in [0.15, 0.2) is 0 Å². The lowest BCUT2D eigenvalue weighted by molar-refractivity contribution is -0.123. The minimum absolute atomic E-state index is 0. The lowest BCUT2D eigenvalue weighted by atomic mass is 11.1. The third-order valence-corrected chi connectivity index (χ3v) is 0.152. The van der Waals surface area contributed by atoms with Crippen LogP contribution in [0.4, 0.5) is 0 Å². The van der Waals surface area contributed by atoms with Crippen LogP contribution in [0.1, 0.15) is 14.9 Å². The van der Waals surface area contributed by atoms with Crippen molar-refractivity contribution in [3.8, 4) is 0 Å². The summed E-state index contributed by atoms with van der Waals surface area (Å²) < 4.78 is 3.92. The highest BCUT2D eigenvalue weighted by Gasteiger charge is 1.52. The molecule has 0 aromatic heterocycles. The molecule has 0 bridgehead atoms. The quantitative estimate of drug-likeness (QED) is 0.392. The van der Waals surface area contributed by atoms with Crippen LogP contribution in [0, 0.1) is 0 Å². The van der Waals surface area contributed by atoms with Gasteiger partial charge < -0.3 is 4.74 Å². The third-order valence-electron chi connectivity index (χ3n) is 0.152. The first-order valence-corrected chi connectivity index (χ1v) is 1.12. The number of rotatable bonds is 2. The standard InChI is InChI=1S/C3H4O2.2CH4/c1-2-5-3-4;;/h2-3H,1H2;2*1H4. The molecule has 0 N–H and O–H groups in total. The summed E-state index contributed by atoms with van der Waals surface area (Å²) in [5, 5.41) is 0. The molecule has 44 valence electrons. The average molecular weight is 104 g/mol. The molecule has 0 radical (unpaired) electrons.